The number of anilines is 3. The van der Waals surface area contributed by atoms with E-state index >= 15 is 0 Å². The van der Waals surface area contributed by atoms with Crippen molar-refractivity contribution in [1.82, 2.24) is 4.57 Å². The Bertz CT molecular complexity index is 3660. The topological polar surface area (TPSA) is 8.17 Å². The van der Waals surface area contributed by atoms with E-state index in [0.29, 0.717) is 0 Å². The van der Waals surface area contributed by atoms with E-state index in [0.717, 1.165) is 5.69 Å². The molecular formula is C60H46N2. The number of para-hydroxylation sites is 1. The molecular weight excluding hydrogens is 749 g/mol. The summed E-state index contributed by atoms with van der Waals surface area (Å²) in [5.74, 6) is 0. The van der Waals surface area contributed by atoms with Crippen molar-refractivity contribution < 1.29 is 0 Å². The largest absolute Gasteiger partial charge is 0.344 e. The van der Waals surface area contributed by atoms with Gasteiger partial charge in [0.15, 0.2) is 0 Å². The zero-order valence-corrected chi connectivity index (χ0v) is 35.8. The molecule has 0 N–H and O–H groups in total. The van der Waals surface area contributed by atoms with Crippen molar-refractivity contribution in [2.75, 3.05) is 4.90 Å². The summed E-state index contributed by atoms with van der Waals surface area (Å²) in [5, 5.41) is 10.2. The first-order valence-corrected chi connectivity index (χ1v) is 21.8. The number of aromatic nitrogens is 1. The standard InChI is InChI=1S/C60H46N2/c1-37-15-6-8-17-44(37)51-35-43(30-25-38(51)2)62(56-24-14-23-55-59(56)50-21-12-13-22-54(50)61(55)5)57-36-53-58(48-20-11-10-19-47(48)57)49-32-29-41(34-52(49)60(53,3)4)40-28-31-46-42(33-40)27-26-39-16-7-9-18-45(39)46/h6-36H,1-5H3. The molecule has 0 amide bonds. The van der Waals surface area contributed by atoms with E-state index in [4.69, 9.17) is 0 Å². The predicted octanol–water partition coefficient (Wildman–Crippen LogP) is 16.5. The van der Waals surface area contributed by atoms with E-state index in [2.05, 4.69) is 232 Å². The van der Waals surface area contributed by atoms with E-state index in [1.807, 2.05) is 0 Å². The lowest BCUT2D eigenvalue weighted by Crippen LogP contribution is -2.17. The van der Waals surface area contributed by atoms with Crippen molar-refractivity contribution in [2.24, 2.45) is 7.05 Å². The van der Waals surface area contributed by atoms with Crippen molar-refractivity contribution in [2.45, 2.75) is 33.1 Å². The molecule has 1 aliphatic rings. The summed E-state index contributed by atoms with van der Waals surface area (Å²) in [4.78, 5) is 2.56. The number of hydrogen-bond acceptors (Lipinski definition) is 1. The summed E-state index contributed by atoms with van der Waals surface area (Å²) >= 11 is 0. The first-order valence-electron chi connectivity index (χ1n) is 21.8. The van der Waals surface area contributed by atoms with Gasteiger partial charge < -0.3 is 9.47 Å². The summed E-state index contributed by atoms with van der Waals surface area (Å²) in [6, 6.07) is 70.4. The fourth-order valence-electron chi connectivity index (χ4n) is 10.8. The maximum Gasteiger partial charge on any atom is 0.0562 e. The third-order valence-electron chi connectivity index (χ3n) is 14.0. The van der Waals surface area contributed by atoms with Gasteiger partial charge in [0.25, 0.3) is 0 Å². The molecule has 1 heterocycles. The predicted molar refractivity (Wildman–Crippen MR) is 266 cm³/mol. The van der Waals surface area contributed by atoms with Gasteiger partial charge >= 0.3 is 0 Å². The van der Waals surface area contributed by atoms with E-state index in [1.54, 1.807) is 0 Å². The first-order chi connectivity index (χ1) is 30.3. The fraction of sp³-hybridized carbons (Fsp3) is 0.100. The molecule has 0 fully saturated rings. The Morgan fingerprint density at radius 2 is 1.08 bits per heavy atom. The smallest absolute Gasteiger partial charge is 0.0562 e. The Kier molecular flexibility index (Phi) is 7.96. The minimum absolute atomic E-state index is 0.261. The molecule has 0 spiro atoms. The van der Waals surface area contributed by atoms with Crippen LogP contribution in [0.3, 0.4) is 0 Å². The van der Waals surface area contributed by atoms with E-state index in [1.165, 1.54) is 121 Å². The molecule has 1 aromatic heterocycles. The van der Waals surface area contributed by atoms with E-state index < -0.39 is 0 Å². The second-order valence-corrected chi connectivity index (χ2v) is 17.9. The number of aryl methyl sites for hydroxylation is 3. The maximum atomic E-state index is 2.56. The van der Waals surface area contributed by atoms with Crippen molar-refractivity contribution in [3.63, 3.8) is 0 Å². The molecule has 1 aliphatic carbocycles. The molecule has 10 aromatic carbocycles. The van der Waals surface area contributed by atoms with Crippen LogP contribution in [0.5, 0.6) is 0 Å². The van der Waals surface area contributed by atoms with Crippen LogP contribution in [-0.4, -0.2) is 4.57 Å². The summed E-state index contributed by atoms with van der Waals surface area (Å²) < 4.78 is 2.34. The Morgan fingerprint density at radius 1 is 0.419 bits per heavy atom. The zero-order valence-electron chi connectivity index (χ0n) is 35.8. The molecule has 2 nitrogen and oxygen atoms in total. The van der Waals surface area contributed by atoms with Gasteiger partial charge in [-0.1, -0.05) is 153 Å². The number of hydrogen-bond donors (Lipinski definition) is 0. The molecule has 2 heteroatoms. The second kappa shape index (κ2) is 13.5. The van der Waals surface area contributed by atoms with Crippen LogP contribution in [0.25, 0.3) is 87.5 Å². The molecule has 0 atom stereocenters. The van der Waals surface area contributed by atoms with Crippen molar-refractivity contribution >= 4 is 71.2 Å². The fourth-order valence-corrected chi connectivity index (χ4v) is 10.8. The average Bonchev–Trinajstić information content (AvgIpc) is 3.73. The SMILES string of the molecule is Cc1ccccc1-c1cc(N(c2cc3c(c4ccccc24)-c2ccc(-c4ccc5c(ccc6ccccc65)c4)cc2C3(C)C)c2cccc3c2c2ccccc2n3C)ccc1C. The van der Waals surface area contributed by atoms with Crippen LogP contribution in [0.15, 0.2) is 188 Å². The highest BCUT2D eigenvalue weighted by molar-refractivity contribution is 6.18. The number of benzene rings is 10. The van der Waals surface area contributed by atoms with Gasteiger partial charge in [0.05, 0.1) is 16.9 Å². The van der Waals surface area contributed by atoms with Crippen LogP contribution in [0.1, 0.15) is 36.1 Å². The first kappa shape index (κ1) is 36.4. The van der Waals surface area contributed by atoms with Crippen LogP contribution < -0.4 is 4.90 Å². The van der Waals surface area contributed by atoms with Gasteiger partial charge in [0, 0.05) is 39.8 Å². The molecule has 0 radical (unpaired) electrons. The van der Waals surface area contributed by atoms with Crippen molar-refractivity contribution in [3.8, 4) is 33.4 Å². The molecule has 12 rings (SSSR count). The molecule has 0 bridgehead atoms. The summed E-state index contributed by atoms with van der Waals surface area (Å²) in [6.07, 6.45) is 0. The number of nitrogens with zero attached hydrogens (tertiary/aromatic N) is 2. The lowest BCUT2D eigenvalue weighted by Gasteiger charge is -2.31. The highest BCUT2D eigenvalue weighted by Gasteiger charge is 2.38. The minimum atomic E-state index is -0.261. The Hall–Kier alpha value is -7.42. The normalized spacial score (nSPS) is 13.0. The van der Waals surface area contributed by atoms with Gasteiger partial charge in [-0.05, 0) is 145 Å². The van der Waals surface area contributed by atoms with E-state index in [9.17, 15) is 0 Å². The summed E-state index contributed by atoms with van der Waals surface area (Å²) in [5.41, 5.74) is 18.6. The summed E-state index contributed by atoms with van der Waals surface area (Å²) in [7, 11) is 2.19. The number of rotatable bonds is 5. The van der Waals surface area contributed by atoms with Gasteiger partial charge in [-0.25, -0.2) is 0 Å². The lowest BCUT2D eigenvalue weighted by atomic mass is 9.80. The monoisotopic (exact) mass is 794 g/mol. The Morgan fingerprint density at radius 3 is 1.94 bits per heavy atom. The highest BCUT2D eigenvalue weighted by atomic mass is 15.1. The van der Waals surface area contributed by atoms with Crippen LogP contribution in [0.4, 0.5) is 17.1 Å². The van der Waals surface area contributed by atoms with Crippen LogP contribution >= 0.6 is 0 Å². The Labute approximate surface area is 362 Å². The van der Waals surface area contributed by atoms with Crippen LogP contribution in [-0.2, 0) is 12.5 Å². The van der Waals surface area contributed by atoms with Gasteiger partial charge in [0.1, 0.15) is 0 Å². The molecule has 0 aliphatic heterocycles. The summed E-state index contributed by atoms with van der Waals surface area (Å²) in [6.45, 7) is 9.30. The molecule has 11 aromatic rings. The quantitative estimate of drug-likeness (QED) is 0.158. The van der Waals surface area contributed by atoms with Crippen LogP contribution in [0, 0.1) is 13.8 Å². The highest BCUT2D eigenvalue weighted by Crippen LogP contribution is 2.56. The van der Waals surface area contributed by atoms with E-state index in [-0.39, 0.29) is 5.41 Å². The van der Waals surface area contributed by atoms with Gasteiger partial charge in [-0.15, -0.1) is 0 Å². The van der Waals surface area contributed by atoms with Crippen molar-refractivity contribution in [1.29, 1.82) is 0 Å². The van der Waals surface area contributed by atoms with Crippen molar-refractivity contribution in [3.05, 3.63) is 210 Å². The van der Waals surface area contributed by atoms with Gasteiger partial charge in [0.2, 0.25) is 0 Å². The molecule has 62 heavy (non-hydrogen) atoms. The molecule has 0 saturated carbocycles. The minimum Gasteiger partial charge on any atom is -0.344 e. The van der Waals surface area contributed by atoms with Crippen LogP contribution in [0.2, 0.25) is 0 Å². The third kappa shape index (κ3) is 5.29. The third-order valence-corrected chi connectivity index (χ3v) is 14.0. The van der Waals surface area contributed by atoms with Gasteiger partial charge in [-0.3, -0.25) is 0 Å². The molecule has 0 saturated heterocycles. The second-order valence-electron chi connectivity index (χ2n) is 17.9. The zero-order chi connectivity index (χ0) is 41.9. The number of fused-ring (bicyclic) bond motifs is 11. The lowest BCUT2D eigenvalue weighted by molar-refractivity contribution is 0.661. The average molecular weight is 795 g/mol. The molecule has 296 valence electrons. The Balaban J connectivity index is 1.09. The van der Waals surface area contributed by atoms with Gasteiger partial charge in [-0.2, -0.15) is 0 Å². The molecule has 0 unspecified atom stereocenters. The maximum absolute atomic E-state index is 2.56.